The van der Waals surface area contributed by atoms with Crippen LogP contribution in [-0.2, 0) is 10.2 Å². The molecule has 2 heterocycles. The molecular weight excluding hydrogens is 278 g/mol. The molecule has 2 aliphatic heterocycles. The molecule has 0 aromatic rings. The van der Waals surface area contributed by atoms with Crippen LogP contribution in [-0.4, -0.2) is 79.0 Å². The second-order valence-corrected chi connectivity index (χ2v) is 8.01. The van der Waals surface area contributed by atoms with Crippen molar-refractivity contribution in [3.8, 4) is 0 Å². The molecule has 2 rings (SSSR count). The molecule has 0 bridgehead atoms. The standard InChI is InChI=1S/C13H27N3O3S/c1-12(2)14-6-8-15(9-7-14)20(18,19)16-5-3-4-13(10-16)11-17/h12-13,17H,3-11H2,1-2H3. The molecule has 20 heavy (non-hydrogen) atoms. The number of aliphatic hydroxyl groups excluding tert-OH is 1. The van der Waals surface area contributed by atoms with Crippen LogP contribution in [0.5, 0.6) is 0 Å². The first-order valence-electron chi connectivity index (χ1n) is 7.55. The second kappa shape index (κ2) is 6.70. The van der Waals surface area contributed by atoms with Crippen molar-refractivity contribution in [2.45, 2.75) is 32.7 Å². The van der Waals surface area contributed by atoms with Crippen LogP contribution in [0.3, 0.4) is 0 Å². The van der Waals surface area contributed by atoms with Gasteiger partial charge < -0.3 is 5.11 Å². The van der Waals surface area contributed by atoms with Crippen molar-refractivity contribution in [2.75, 3.05) is 45.9 Å². The van der Waals surface area contributed by atoms with Crippen LogP contribution in [0.4, 0.5) is 0 Å². The van der Waals surface area contributed by atoms with Crippen molar-refractivity contribution in [3.05, 3.63) is 0 Å². The molecule has 0 radical (unpaired) electrons. The summed E-state index contributed by atoms with van der Waals surface area (Å²) in [4.78, 5) is 2.30. The molecule has 0 aromatic carbocycles. The predicted octanol–water partition coefficient (Wildman–Crippen LogP) is -0.0385. The summed E-state index contributed by atoms with van der Waals surface area (Å²) >= 11 is 0. The summed E-state index contributed by atoms with van der Waals surface area (Å²) in [6, 6.07) is 0.466. The van der Waals surface area contributed by atoms with Gasteiger partial charge in [-0.25, -0.2) is 0 Å². The molecule has 2 saturated heterocycles. The zero-order chi connectivity index (χ0) is 14.8. The Morgan fingerprint density at radius 1 is 1.10 bits per heavy atom. The Morgan fingerprint density at radius 2 is 1.75 bits per heavy atom. The van der Waals surface area contributed by atoms with E-state index in [9.17, 15) is 13.5 Å². The van der Waals surface area contributed by atoms with Gasteiger partial charge in [0.25, 0.3) is 10.2 Å². The second-order valence-electron chi connectivity index (χ2n) is 6.09. The number of aliphatic hydroxyl groups is 1. The van der Waals surface area contributed by atoms with E-state index in [1.807, 2.05) is 0 Å². The van der Waals surface area contributed by atoms with Crippen LogP contribution in [0.1, 0.15) is 26.7 Å². The van der Waals surface area contributed by atoms with Gasteiger partial charge in [0.2, 0.25) is 0 Å². The van der Waals surface area contributed by atoms with Gasteiger partial charge in [0.05, 0.1) is 0 Å². The summed E-state index contributed by atoms with van der Waals surface area (Å²) in [5, 5.41) is 9.24. The van der Waals surface area contributed by atoms with Crippen LogP contribution in [0.25, 0.3) is 0 Å². The summed E-state index contributed by atoms with van der Waals surface area (Å²) in [6.45, 7) is 8.14. The highest BCUT2D eigenvalue weighted by molar-refractivity contribution is 7.86. The van der Waals surface area contributed by atoms with Crippen LogP contribution in [0.2, 0.25) is 0 Å². The van der Waals surface area contributed by atoms with Gasteiger partial charge in [-0.1, -0.05) is 0 Å². The molecule has 1 atom stereocenters. The van der Waals surface area contributed by atoms with E-state index in [0.717, 1.165) is 25.9 Å². The van der Waals surface area contributed by atoms with Crippen LogP contribution < -0.4 is 0 Å². The van der Waals surface area contributed by atoms with Crippen LogP contribution in [0.15, 0.2) is 0 Å². The zero-order valence-corrected chi connectivity index (χ0v) is 13.3. The normalized spacial score (nSPS) is 28.1. The third-order valence-corrected chi connectivity index (χ3v) is 6.40. The fraction of sp³-hybridized carbons (Fsp3) is 1.00. The number of hydrogen-bond donors (Lipinski definition) is 1. The lowest BCUT2D eigenvalue weighted by molar-refractivity contribution is 0.136. The van der Waals surface area contributed by atoms with E-state index in [1.54, 1.807) is 8.61 Å². The monoisotopic (exact) mass is 305 g/mol. The third-order valence-electron chi connectivity index (χ3n) is 4.40. The largest absolute Gasteiger partial charge is 0.396 e. The summed E-state index contributed by atoms with van der Waals surface area (Å²) in [6.07, 6.45) is 1.76. The van der Waals surface area contributed by atoms with Gasteiger partial charge in [-0.3, -0.25) is 4.90 Å². The Labute approximate surface area is 122 Å². The molecule has 118 valence electrons. The van der Waals surface area contributed by atoms with E-state index in [2.05, 4.69) is 18.7 Å². The Kier molecular flexibility index (Phi) is 5.42. The SMILES string of the molecule is CC(C)N1CCN(S(=O)(=O)N2CCCC(CO)C2)CC1. The molecule has 0 aromatic heterocycles. The summed E-state index contributed by atoms with van der Waals surface area (Å²) in [7, 11) is -3.35. The van der Waals surface area contributed by atoms with Crippen LogP contribution >= 0.6 is 0 Å². The highest BCUT2D eigenvalue weighted by Crippen LogP contribution is 2.21. The van der Waals surface area contributed by atoms with Crippen LogP contribution in [0, 0.1) is 5.92 Å². The summed E-state index contributed by atoms with van der Waals surface area (Å²) in [5.41, 5.74) is 0. The van der Waals surface area contributed by atoms with E-state index in [-0.39, 0.29) is 12.5 Å². The topological polar surface area (TPSA) is 64.1 Å². The molecule has 0 aliphatic carbocycles. The van der Waals surface area contributed by atoms with Gasteiger partial charge in [-0.2, -0.15) is 17.0 Å². The minimum absolute atomic E-state index is 0.0765. The first kappa shape index (κ1) is 16.2. The zero-order valence-electron chi connectivity index (χ0n) is 12.5. The number of nitrogens with zero attached hydrogens (tertiary/aromatic N) is 3. The van der Waals surface area contributed by atoms with Crippen molar-refractivity contribution in [2.24, 2.45) is 5.92 Å². The average molecular weight is 305 g/mol. The molecular formula is C13H27N3O3S. The Balaban J connectivity index is 1.97. The number of rotatable bonds is 4. The lowest BCUT2D eigenvalue weighted by atomic mass is 10.0. The van der Waals surface area contributed by atoms with E-state index >= 15 is 0 Å². The molecule has 1 unspecified atom stereocenters. The quantitative estimate of drug-likeness (QED) is 0.792. The first-order chi connectivity index (χ1) is 9.45. The predicted molar refractivity (Wildman–Crippen MR) is 78.6 cm³/mol. The Morgan fingerprint density at radius 3 is 2.30 bits per heavy atom. The van der Waals surface area contributed by atoms with Gasteiger partial charge >= 0.3 is 0 Å². The lowest BCUT2D eigenvalue weighted by Crippen LogP contribution is -2.55. The fourth-order valence-corrected chi connectivity index (χ4v) is 4.71. The van der Waals surface area contributed by atoms with Gasteiger partial charge in [-0.05, 0) is 32.6 Å². The van der Waals surface area contributed by atoms with Crippen molar-refractivity contribution >= 4 is 10.2 Å². The smallest absolute Gasteiger partial charge is 0.282 e. The van der Waals surface area contributed by atoms with Crippen molar-refractivity contribution in [1.82, 2.24) is 13.5 Å². The molecule has 0 spiro atoms. The maximum Gasteiger partial charge on any atom is 0.282 e. The van der Waals surface area contributed by atoms with Crippen molar-refractivity contribution in [3.63, 3.8) is 0 Å². The van der Waals surface area contributed by atoms with E-state index < -0.39 is 10.2 Å². The lowest BCUT2D eigenvalue weighted by Gasteiger charge is -2.40. The molecule has 0 saturated carbocycles. The number of piperidine rings is 1. The average Bonchev–Trinajstić information content (AvgIpc) is 2.47. The number of piperazine rings is 1. The van der Waals surface area contributed by atoms with E-state index in [0.29, 0.717) is 32.2 Å². The fourth-order valence-electron chi connectivity index (χ4n) is 3.00. The minimum Gasteiger partial charge on any atom is -0.396 e. The van der Waals surface area contributed by atoms with Gasteiger partial charge in [0.1, 0.15) is 0 Å². The van der Waals surface area contributed by atoms with Crippen molar-refractivity contribution in [1.29, 1.82) is 0 Å². The van der Waals surface area contributed by atoms with Crippen molar-refractivity contribution < 1.29 is 13.5 Å². The third kappa shape index (κ3) is 3.51. The summed E-state index contributed by atoms with van der Waals surface area (Å²) in [5.74, 6) is 0.0930. The van der Waals surface area contributed by atoms with Gasteiger partial charge in [-0.15, -0.1) is 0 Å². The molecule has 0 amide bonds. The molecule has 2 fully saturated rings. The minimum atomic E-state index is -3.35. The number of hydrogen-bond acceptors (Lipinski definition) is 4. The molecule has 7 heteroatoms. The summed E-state index contributed by atoms with van der Waals surface area (Å²) < 4.78 is 28.4. The molecule has 1 N–H and O–H groups in total. The first-order valence-corrected chi connectivity index (χ1v) is 8.95. The maximum atomic E-state index is 12.6. The molecule has 2 aliphatic rings. The van der Waals surface area contributed by atoms with E-state index in [4.69, 9.17) is 0 Å². The van der Waals surface area contributed by atoms with Gasteiger partial charge in [0, 0.05) is 51.9 Å². The Hall–Kier alpha value is -0.210. The van der Waals surface area contributed by atoms with Gasteiger partial charge in [0.15, 0.2) is 0 Å². The Bertz CT molecular complexity index is 405. The highest BCUT2D eigenvalue weighted by Gasteiger charge is 2.35. The maximum absolute atomic E-state index is 12.6. The highest BCUT2D eigenvalue weighted by atomic mass is 32.2. The van der Waals surface area contributed by atoms with E-state index in [1.165, 1.54) is 0 Å². The molecule has 6 nitrogen and oxygen atoms in total.